The lowest BCUT2D eigenvalue weighted by atomic mass is 10.2. The monoisotopic (exact) mass is 330 g/mol. The van der Waals surface area contributed by atoms with Crippen LogP contribution in [0.25, 0.3) is 10.9 Å². The van der Waals surface area contributed by atoms with Crippen LogP contribution in [0.3, 0.4) is 0 Å². The molecule has 3 aromatic rings. The quantitative estimate of drug-likeness (QED) is 0.757. The van der Waals surface area contributed by atoms with E-state index in [1.165, 1.54) is 14.2 Å². The van der Waals surface area contributed by atoms with Crippen molar-refractivity contribution < 1.29 is 14.3 Å². The molecule has 2 N–H and O–H groups in total. The van der Waals surface area contributed by atoms with Crippen LogP contribution < -0.4 is 14.8 Å². The fourth-order valence-electron chi connectivity index (χ4n) is 2.34. The van der Waals surface area contributed by atoms with Crippen molar-refractivity contribution in [2.24, 2.45) is 0 Å². The van der Waals surface area contributed by atoms with Gasteiger partial charge in [-0.3, -0.25) is 4.79 Å². The number of amides is 1. The number of hydrogen-bond donors (Lipinski definition) is 2. The third kappa shape index (κ3) is 2.96. The average Bonchev–Trinajstić information content (AvgIpc) is 2.99. The number of benzene rings is 2. The number of halogens is 1. The Morgan fingerprint density at radius 2 is 1.83 bits per heavy atom. The van der Waals surface area contributed by atoms with Gasteiger partial charge in [0.2, 0.25) is 0 Å². The van der Waals surface area contributed by atoms with E-state index >= 15 is 0 Å². The number of ether oxygens (including phenoxy) is 2. The van der Waals surface area contributed by atoms with Crippen LogP contribution in [0.5, 0.6) is 11.5 Å². The summed E-state index contributed by atoms with van der Waals surface area (Å²) in [7, 11) is 3.03. The summed E-state index contributed by atoms with van der Waals surface area (Å²) in [5.41, 5.74) is 1.83. The molecule has 0 spiro atoms. The molecule has 6 heteroatoms. The molecule has 1 amide bonds. The number of aromatic amines is 1. The Morgan fingerprint density at radius 3 is 2.52 bits per heavy atom. The molecule has 0 atom stereocenters. The highest BCUT2D eigenvalue weighted by Gasteiger charge is 2.15. The lowest BCUT2D eigenvalue weighted by Gasteiger charge is -2.12. The first kappa shape index (κ1) is 15.2. The number of carbonyl (C=O) groups is 1. The summed E-state index contributed by atoms with van der Waals surface area (Å²) in [4.78, 5) is 15.5. The Bertz CT molecular complexity index is 840. The molecule has 2 aromatic carbocycles. The summed E-state index contributed by atoms with van der Waals surface area (Å²) in [5, 5.41) is 4.15. The van der Waals surface area contributed by atoms with Gasteiger partial charge in [-0.15, -0.1) is 0 Å². The van der Waals surface area contributed by atoms with E-state index in [1.807, 2.05) is 24.3 Å². The molecule has 1 heterocycles. The van der Waals surface area contributed by atoms with E-state index in [1.54, 1.807) is 18.2 Å². The van der Waals surface area contributed by atoms with E-state index in [0.29, 0.717) is 27.9 Å². The Labute approximate surface area is 138 Å². The highest BCUT2D eigenvalue weighted by Crippen LogP contribution is 2.36. The van der Waals surface area contributed by atoms with Gasteiger partial charge in [0.15, 0.2) is 0 Å². The van der Waals surface area contributed by atoms with Gasteiger partial charge in [-0.25, -0.2) is 0 Å². The van der Waals surface area contributed by atoms with E-state index in [2.05, 4.69) is 10.3 Å². The third-order valence-corrected chi connectivity index (χ3v) is 3.79. The molecule has 0 radical (unpaired) electrons. The molecule has 0 bridgehead atoms. The van der Waals surface area contributed by atoms with Crippen LogP contribution >= 0.6 is 11.6 Å². The van der Waals surface area contributed by atoms with Crippen molar-refractivity contribution >= 4 is 34.1 Å². The molecule has 0 fully saturated rings. The molecule has 23 heavy (non-hydrogen) atoms. The van der Waals surface area contributed by atoms with E-state index in [9.17, 15) is 4.79 Å². The minimum absolute atomic E-state index is 0.277. The minimum atomic E-state index is -0.277. The van der Waals surface area contributed by atoms with Crippen molar-refractivity contribution in [3.63, 3.8) is 0 Å². The van der Waals surface area contributed by atoms with Crippen molar-refractivity contribution in [2.45, 2.75) is 0 Å². The van der Waals surface area contributed by atoms with Crippen molar-refractivity contribution in [2.75, 3.05) is 19.5 Å². The summed E-state index contributed by atoms with van der Waals surface area (Å²) in [6.45, 7) is 0. The van der Waals surface area contributed by atoms with Gasteiger partial charge >= 0.3 is 0 Å². The lowest BCUT2D eigenvalue weighted by Crippen LogP contribution is -2.13. The van der Waals surface area contributed by atoms with E-state index < -0.39 is 0 Å². The molecule has 0 saturated carbocycles. The smallest absolute Gasteiger partial charge is 0.272 e. The summed E-state index contributed by atoms with van der Waals surface area (Å²) < 4.78 is 10.4. The summed E-state index contributed by atoms with van der Waals surface area (Å²) in [6, 6.07) is 12.7. The first-order valence-electron chi connectivity index (χ1n) is 6.93. The van der Waals surface area contributed by atoms with Crippen LogP contribution in [0.2, 0.25) is 5.02 Å². The van der Waals surface area contributed by atoms with Crippen LogP contribution in [0, 0.1) is 0 Å². The van der Waals surface area contributed by atoms with Crippen molar-refractivity contribution in [1.82, 2.24) is 4.98 Å². The molecule has 0 unspecified atom stereocenters. The van der Waals surface area contributed by atoms with Gasteiger partial charge in [-0.1, -0.05) is 29.8 Å². The minimum Gasteiger partial charge on any atom is -0.495 e. The molecule has 5 nitrogen and oxygen atoms in total. The molecule has 1 aromatic heterocycles. The molecule has 0 aliphatic carbocycles. The molecular weight excluding hydrogens is 316 g/mol. The van der Waals surface area contributed by atoms with Crippen LogP contribution in [-0.2, 0) is 0 Å². The van der Waals surface area contributed by atoms with Gasteiger partial charge < -0.3 is 19.8 Å². The second kappa shape index (κ2) is 6.22. The summed E-state index contributed by atoms with van der Waals surface area (Å²) >= 11 is 6.11. The zero-order valence-electron chi connectivity index (χ0n) is 12.6. The maximum Gasteiger partial charge on any atom is 0.272 e. The zero-order chi connectivity index (χ0) is 16.4. The normalized spacial score (nSPS) is 10.6. The highest BCUT2D eigenvalue weighted by atomic mass is 35.5. The summed E-state index contributed by atoms with van der Waals surface area (Å²) in [6.07, 6.45) is 0. The van der Waals surface area contributed by atoms with Gasteiger partial charge in [-0.05, 0) is 18.2 Å². The van der Waals surface area contributed by atoms with E-state index in [4.69, 9.17) is 21.1 Å². The number of aromatic nitrogens is 1. The summed E-state index contributed by atoms with van der Waals surface area (Å²) in [5.74, 6) is 0.670. The van der Waals surface area contributed by atoms with Gasteiger partial charge in [0.25, 0.3) is 5.91 Å². The molecule has 0 saturated heterocycles. The number of hydrogen-bond acceptors (Lipinski definition) is 3. The van der Waals surface area contributed by atoms with Gasteiger partial charge in [0.05, 0.1) is 24.9 Å². The van der Waals surface area contributed by atoms with Gasteiger partial charge in [0.1, 0.15) is 17.2 Å². The number of carbonyl (C=O) groups excluding carboxylic acids is 1. The zero-order valence-corrected chi connectivity index (χ0v) is 13.4. The predicted molar refractivity (Wildman–Crippen MR) is 90.8 cm³/mol. The fourth-order valence-corrected chi connectivity index (χ4v) is 2.58. The van der Waals surface area contributed by atoms with Crippen molar-refractivity contribution in [3.8, 4) is 11.5 Å². The molecule has 3 rings (SSSR count). The topological polar surface area (TPSA) is 63.4 Å². The van der Waals surface area contributed by atoms with Gasteiger partial charge in [0, 0.05) is 17.0 Å². The Morgan fingerprint density at radius 1 is 1.09 bits per heavy atom. The third-order valence-electron chi connectivity index (χ3n) is 3.50. The molecular formula is C17H15ClN2O3. The first-order chi connectivity index (χ1) is 11.1. The van der Waals surface area contributed by atoms with Crippen LogP contribution in [0.15, 0.2) is 42.5 Å². The predicted octanol–water partition coefficient (Wildman–Crippen LogP) is 4.09. The largest absolute Gasteiger partial charge is 0.495 e. The maximum absolute atomic E-state index is 12.4. The maximum atomic E-state index is 12.4. The van der Waals surface area contributed by atoms with Crippen LogP contribution in [0.1, 0.15) is 10.5 Å². The second-order valence-corrected chi connectivity index (χ2v) is 5.32. The highest BCUT2D eigenvalue weighted by molar-refractivity contribution is 6.32. The first-order valence-corrected chi connectivity index (χ1v) is 7.31. The number of nitrogens with one attached hydrogen (secondary N) is 2. The SMILES string of the molecule is COc1cc(OC)c(NC(=O)c2cc3ccccc3[nH]2)cc1Cl. The number of anilines is 1. The Kier molecular flexibility index (Phi) is 4.12. The number of methoxy groups -OCH3 is 2. The average molecular weight is 331 g/mol. The molecule has 118 valence electrons. The number of rotatable bonds is 4. The second-order valence-electron chi connectivity index (χ2n) is 4.91. The van der Waals surface area contributed by atoms with Gasteiger partial charge in [-0.2, -0.15) is 0 Å². The number of H-pyrrole nitrogens is 1. The van der Waals surface area contributed by atoms with Crippen LogP contribution in [-0.4, -0.2) is 25.1 Å². The Hall–Kier alpha value is -2.66. The Balaban J connectivity index is 1.91. The standard InChI is InChI=1S/C17H15ClN2O3/c1-22-15-9-16(23-2)13(8-11(15)18)20-17(21)14-7-10-5-3-4-6-12(10)19-14/h3-9,19H,1-2H3,(H,20,21). The van der Waals surface area contributed by atoms with E-state index in [0.717, 1.165) is 10.9 Å². The molecule has 0 aliphatic rings. The fraction of sp³-hybridized carbons (Fsp3) is 0.118. The van der Waals surface area contributed by atoms with Crippen LogP contribution in [0.4, 0.5) is 5.69 Å². The van der Waals surface area contributed by atoms with Crippen molar-refractivity contribution in [1.29, 1.82) is 0 Å². The molecule has 0 aliphatic heterocycles. The number of fused-ring (bicyclic) bond motifs is 1. The number of para-hydroxylation sites is 1. The van der Waals surface area contributed by atoms with E-state index in [-0.39, 0.29) is 5.91 Å². The lowest BCUT2D eigenvalue weighted by molar-refractivity contribution is 0.102. The van der Waals surface area contributed by atoms with Crippen molar-refractivity contribution in [3.05, 3.63) is 53.2 Å².